The van der Waals surface area contributed by atoms with Crippen molar-refractivity contribution in [3.05, 3.63) is 47.4 Å². The number of alkyl halides is 3. The monoisotopic (exact) mass is 413 g/mol. The zero-order valence-corrected chi connectivity index (χ0v) is 15.7. The first-order valence-electron chi connectivity index (χ1n) is 9.15. The maximum atomic E-state index is 12.3. The van der Waals surface area contributed by atoms with Gasteiger partial charge in [0.15, 0.2) is 6.29 Å². The van der Waals surface area contributed by atoms with Crippen LogP contribution in [0.25, 0.3) is 0 Å². The van der Waals surface area contributed by atoms with Crippen LogP contribution in [0.15, 0.2) is 30.6 Å². The van der Waals surface area contributed by atoms with Gasteiger partial charge in [-0.1, -0.05) is 12.1 Å². The minimum absolute atomic E-state index is 0.128. The lowest BCUT2D eigenvalue weighted by atomic mass is 9.98. The van der Waals surface area contributed by atoms with Crippen LogP contribution in [0, 0.1) is 6.92 Å². The summed E-state index contributed by atoms with van der Waals surface area (Å²) in [4.78, 5) is 7.97. The number of rotatable bonds is 6. The van der Waals surface area contributed by atoms with E-state index in [1.165, 1.54) is 18.5 Å². The van der Waals surface area contributed by atoms with Crippen LogP contribution in [0.4, 0.5) is 19.0 Å². The van der Waals surface area contributed by atoms with E-state index in [1.807, 2.05) is 0 Å². The molecule has 2 heterocycles. The Kier molecular flexibility index (Phi) is 6.56. The Hall–Kier alpha value is -2.43. The van der Waals surface area contributed by atoms with E-state index >= 15 is 0 Å². The van der Waals surface area contributed by atoms with Crippen molar-refractivity contribution in [2.24, 2.45) is 0 Å². The quantitative estimate of drug-likeness (QED) is 0.625. The van der Waals surface area contributed by atoms with Crippen LogP contribution in [0.1, 0.15) is 48.5 Å². The molecule has 0 unspecified atom stereocenters. The molecule has 2 atom stereocenters. The standard InChI is InChI=1S/C19H22F3N3O4/c1-11-16(18(26)27)24-10-25-17(11)23-9-14-3-2-4-15(28-14)12-5-7-13(8-6-12)29-19(20,21)22/h5-8,10,14-15,18,26-27H,2-4,9H2,1H3,(H,23,24,25)/t14-,15+/m1/s1. The highest BCUT2D eigenvalue weighted by Crippen LogP contribution is 2.33. The molecule has 0 bridgehead atoms. The minimum Gasteiger partial charge on any atom is -0.406 e. The Labute approximate surface area is 165 Å². The summed E-state index contributed by atoms with van der Waals surface area (Å²) >= 11 is 0. The van der Waals surface area contributed by atoms with Crippen molar-refractivity contribution in [3.63, 3.8) is 0 Å². The second kappa shape index (κ2) is 8.93. The molecule has 158 valence electrons. The predicted octanol–water partition coefficient (Wildman–Crippen LogP) is 3.39. The summed E-state index contributed by atoms with van der Waals surface area (Å²) < 4.78 is 46.8. The number of aromatic nitrogens is 2. The molecule has 29 heavy (non-hydrogen) atoms. The van der Waals surface area contributed by atoms with Crippen LogP contribution in [-0.4, -0.2) is 39.2 Å². The van der Waals surface area contributed by atoms with E-state index < -0.39 is 12.7 Å². The van der Waals surface area contributed by atoms with Gasteiger partial charge in [0, 0.05) is 12.1 Å². The van der Waals surface area contributed by atoms with Gasteiger partial charge in [-0.15, -0.1) is 13.2 Å². The highest BCUT2D eigenvalue weighted by atomic mass is 19.4. The van der Waals surface area contributed by atoms with Crippen molar-refractivity contribution >= 4 is 5.82 Å². The van der Waals surface area contributed by atoms with Crippen molar-refractivity contribution < 1.29 is 32.9 Å². The summed E-state index contributed by atoms with van der Waals surface area (Å²) in [6.45, 7) is 2.14. The molecule has 0 radical (unpaired) electrons. The first-order chi connectivity index (χ1) is 13.7. The molecule has 1 aliphatic rings. The third-order valence-corrected chi connectivity index (χ3v) is 4.70. The Morgan fingerprint density at radius 1 is 1.21 bits per heavy atom. The lowest BCUT2D eigenvalue weighted by Crippen LogP contribution is -2.29. The van der Waals surface area contributed by atoms with Gasteiger partial charge in [0.05, 0.1) is 12.2 Å². The number of ether oxygens (including phenoxy) is 2. The number of hydrogen-bond donors (Lipinski definition) is 3. The molecule has 0 spiro atoms. The molecule has 7 nitrogen and oxygen atoms in total. The molecule has 3 N–H and O–H groups in total. The molecule has 1 fully saturated rings. The number of aliphatic hydroxyl groups is 2. The molecule has 0 saturated carbocycles. The number of anilines is 1. The van der Waals surface area contributed by atoms with Gasteiger partial charge in [-0.25, -0.2) is 9.97 Å². The highest BCUT2D eigenvalue weighted by Gasteiger charge is 2.31. The zero-order valence-electron chi connectivity index (χ0n) is 15.7. The zero-order chi connectivity index (χ0) is 21.0. The third kappa shape index (κ3) is 5.78. The summed E-state index contributed by atoms with van der Waals surface area (Å²) in [6, 6.07) is 5.70. The number of benzene rings is 1. The molecule has 1 saturated heterocycles. The van der Waals surface area contributed by atoms with Gasteiger partial charge in [-0.05, 0) is 43.9 Å². The van der Waals surface area contributed by atoms with Gasteiger partial charge in [0.2, 0.25) is 0 Å². The summed E-state index contributed by atoms with van der Waals surface area (Å²) in [5, 5.41) is 21.8. The lowest BCUT2D eigenvalue weighted by molar-refractivity contribution is -0.274. The average molecular weight is 413 g/mol. The average Bonchev–Trinajstić information content (AvgIpc) is 2.66. The molecule has 3 rings (SSSR count). The van der Waals surface area contributed by atoms with E-state index in [0.29, 0.717) is 17.9 Å². The number of halogens is 3. The van der Waals surface area contributed by atoms with Crippen LogP contribution in [0.3, 0.4) is 0 Å². The summed E-state index contributed by atoms with van der Waals surface area (Å²) in [7, 11) is 0. The molecule has 1 aliphatic heterocycles. The van der Waals surface area contributed by atoms with Crippen molar-refractivity contribution in [2.75, 3.05) is 11.9 Å². The lowest BCUT2D eigenvalue weighted by Gasteiger charge is -2.31. The van der Waals surface area contributed by atoms with Crippen molar-refractivity contribution in [2.45, 2.75) is 51.0 Å². The van der Waals surface area contributed by atoms with E-state index in [0.717, 1.165) is 24.8 Å². The first-order valence-corrected chi connectivity index (χ1v) is 9.15. The largest absolute Gasteiger partial charge is 0.573 e. The molecule has 0 aliphatic carbocycles. The maximum absolute atomic E-state index is 12.3. The number of aliphatic hydroxyl groups excluding tert-OH is 1. The van der Waals surface area contributed by atoms with Crippen LogP contribution in [-0.2, 0) is 4.74 Å². The van der Waals surface area contributed by atoms with E-state index in [-0.39, 0.29) is 23.7 Å². The fourth-order valence-corrected chi connectivity index (χ4v) is 3.29. The predicted molar refractivity (Wildman–Crippen MR) is 97.0 cm³/mol. The van der Waals surface area contributed by atoms with Gasteiger partial charge in [0.25, 0.3) is 0 Å². The second-order valence-corrected chi connectivity index (χ2v) is 6.78. The van der Waals surface area contributed by atoms with E-state index in [9.17, 15) is 23.4 Å². The molecule has 2 aromatic rings. The van der Waals surface area contributed by atoms with E-state index in [4.69, 9.17) is 4.74 Å². The molecular formula is C19H22F3N3O4. The van der Waals surface area contributed by atoms with Crippen molar-refractivity contribution in [1.82, 2.24) is 9.97 Å². The molecule has 10 heteroatoms. The Morgan fingerprint density at radius 2 is 1.93 bits per heavy atom. The molecular weight excluding hydrogens is 391 g/mol. The smallest absolute Gasteiger partial charge is 0.406 e. The van der Waals surface area contributed by atoms with Crippen LogP contribution in [0.5, 0.6) is 5.75 Å². The number of hydrogen-bond acceptors (Lipinski definition) is 7. The van der Waals surface area contributed by atoms with Crippen LogP contribution >= 0.6 is 0 Å². The first kappa shape index (κ1) is 21.3. The maximum Gasteiger partial charge on any atom is 0.573 e. The van der Waals surface area contributed by atoms with Gasteiger partial charge >= 0.3 is 6.36 Å². The number of nitrogens with zero attached hydrogens (tertiary/aromatic N) is 2. The van der Waals surface area contributed by atoms with Crippen molar-refractivity contribution in [1.29, 1.82) is 0 Å². The van der Waals surface area contributed by atoms with Crippen LogP contribution < -0.4 is 10.1 Å². The topological polar surface area (TPSA) is 96.7 Å². The summed E-state index contributed by atoms with van der Waals surface area (Å²) in [5.41, 5.74) is 1.45. The van der Waals surface area contributed by atoms with Crippen LogP contribution in [0.2, 0.25) is 0 Å². The van der Waals surface area contributed by atoms with Gasteiger partial charge in [-0.2, -0.15) is 0 Å². The SMILES string of the molecule is Cc1c(NC[C@H]2CCC[C@@H](c3ccc(OC(F)(F)F)cc3)O2)ncnc1C(O)O. The fourth-order valence-electron chi connectivity index (χ4n) is 3.29. The van der Waals surface area contributed by atoms with Gasteiger partial charge in [-0.3, -0.25) is 0 Å². The summed E-state index contributed by atoms with van der Waals surface area (Å²) in [6.07, 6.45) is -3.01. The van der Waals surface area contributed by atoms with E-state index in [2.05, 4.69) is 20.0 Å². The molecule has 1 aromatic heterocycles. The second-order valence-electron chi connectivity index (χ2n) is 6.78. The van der Waals surface area contributed by atoms with Gasteiger partial charge < -0.3 is 25.0 Å². The Balaban J connectivity index is 1.59. The Morgan fingerprint density at radius 3 is 2.59 bits per heavy atom. The van der Waals surface area contributed by atoms with Crippen molar-refractivity contribution in [3.8, 4) is 5.75 Å². The van der Waals surface area contributed by atoms with E-state index in [1.54, 1.807) is 19.1 Å². The third-order valence-electron chi connectivity index (χ3n) is 4.70. The Bertz CT molecular complexity index is 815. The molecule has 1 aromatic carbocycles. The minimum atomic E-state index is -4.72. The summed E-state index contributed by atoms with van der Waals surface area (Å²) in [5.74, 6) is 0.221. The highest BCUT2D eigenvalue weighted by molar-refractivity contribution is 5.45. The fraction of sp³-hybridized carbons (Fsp3) is 0.474. The molecule has 0 amide bonds. The number of nitrogens with one attached hydrogen (secondary N) is 1. The van der Waals surface area contributed by atoms with Gasteiger partial charge in [0.1, 0.15) is 23.6 Å². The normalized spacial score (nSPS) is 20.0.